The number of rotatable bonds is 4. The third-order valence-electron chi connectivity index (χ3n) is 3.63. The number of anilines is 3. The Labute approximate surface area is 120 Å². The van der Waals surface area contributed by atoms with Crippen LogP contribution in [0, 0.1) is 0 Å². The summed E-state index contributed by atoms with van der Waals surface area (Å²) < 4.78 is 0. The van der Waals surface area contributed by atoms with Crippen LogP contribution in [0.5, 0.6) is 0 Å². The summed E-state index contributed by atoms with van der Waals surface area (Å²) in [4.78, 5) is 16.2. The van der Waals surface area contributed by atoms with Crippen LogP contribution < -0.4 is 16.0 Å². The van der Waals surface area contributed by atoms with Crippen LogP contribution in [0.25, 0.3) is 0 Å². The van der Waals surface area contributed by atoms with E-state index in [1.165, 1.54) is 0 Å². The molecule has 1 aliphatic rings. The molecule has 5 heteroatoms. The van der Waals surface area contributed by atoms with Crippen molar-refractivity contribution in [3.8, 4) is 0 Å². The molecule has 1 saturated heterocycles. The van der Waals surface area contributed by atoms with E-state index in [9.17, 15) is 4.79 Å². The number of amides is 1. The fraction of sp³-hybridized carbons (Fsp3) is 0.533. The number of hydrogen-bond acceptors (Lipinski definition) is 4. The molecule has 1 fully saturated rings. The number of carbonyl (C=O) groups excluding carboxylic acids is 1. The predicted molar refractivity (Wildman–Crippen MR) is 84.1 cm³/mol. The van der Waals surface area contributed by atoms with Crippen molar-refractivity contribution in [2.45, 2.75) is 19.8 Å². The number of likely N-dealkylation sites (N-methyl/N-ethyl adjacent to an activating group) is 1. The fourth-order valence-corrected chi connectivity index (χ4v) is 2.42. The van der Waals surface area contributed by atoms with Crippen LogP contribution in [-0.2, 0) is 4.79 Å². The summed E-state index contributed by atoms with van der Waals surface area (Å²) in [7, 11) is 2.13. The zero-order valence-corrected chi connectivity index (χ0v) is 12.4. The van der Waals surface area contributed by atoms with Gasteiger partial charge in [-0.15, -0.1) is 0 Å². The number of nitrogens with zero attached hydrogens (tertiary/aromatic N) is 2. The molecule has 2 rings (SSSR count). The van der Waals surface area contributed by atoms with E-state index >= 15 is 0 Å². The first-order valence-corrected chi connectivity index (χ1v) is 7.23. The second-order valence-corrected chi connectivity index (χ2v) is 5.36. The SMILES string of the molecule is CCCC(=O)Nc1ccc(N2CCN(C)CC2)c(N)c1. The van der Waals surface area contributed by atoms with Crippen molar-refractivity contribution in [2.75, 3.05) is 49.2 Å². The molecule has 0 saturated carbocycles. The monoisotopic (exact) mass is 276 g/mol. The third kappa shape index (κ3) is 3.63. The first kappa shape index (κ1) is 14.7. The van der Waals surface area contributed by atoms with Crippen molar-refractivity contribution in [1.29, 1.82) is 0 Å². The standard InChI is InChI=1S/C15H24N4O/c1-3-4-15(20)17-12-5-6-14(13(16)11-12)19-9-7-18(2)8-10-19/h5-6,11H,3-4,7-10,16H2,1-2H3,(H,17,20). The van der Waals surface area contributed by atoms with Gasteiger partial charge in [0, 0.05) is 38.3 Å². The number of nitrogen functional groups attached to an aromatic ring is 1. The van der Waals surface area contributed by atoms with Gasteiger partial charge < -0.3 is 20.9 Å². The van der Waals surface area contributed by atoms with Gasteiger partial charge in [-0.1, -0.05) is 6.92 Å². The first-order chi connectivity index (χ1) is 9.60. The highest BCUT2D eigenvalue weighted by atomic mass is 16.1. The van der Waals surface area contributed by atoms with E-state index in [2.05, 4.69) is 22.2 Å². The van der Waals surface area contributed by atoms with Gasteiger partial charge in [-0.3, -0.25) is 4.79 Å². The van der Waals surface area contributed by atoms with Gasteiger partial charge in [-0.25, -0.2) is 0 Å². The lowest BCUT2D eigenvalue weighted by atomic mass is 10.2. The van der Waals surface area contributed by atoms with Crippen molar-refractivity contribution in [2.24, 2.45) is 0 Å². The zero-order valence-electron chi connectivity index (χ0n) is 12.4. The smallest absolute Gasteiger partial charge is 0.224 e. The average Bonchev–Trinajstić information content (AvgIpc) is 2.40. The van der Waals surface area contributed by atoms with Crippen LogP contribution >= 0.6 is 0 Å². The van der Waals surface area contributed by atoms with Crippen molar-refractivity contribution in [1.82, 2.24) is 4.90 Å². The lowest BCUT2D eigenvalue weighted by Gasteiger charge is -2.34. The maximum atomic E-state index is 11.6. The molecule has 0 unspecified atom stereocenters. The van der Waals surface area contributed by atoms with Crippen LogP contribution in [-0.4, -0.2) is 44.0 Å². The van der Waals surface area contributed by atoms with Crippen molar-refractivity contribution >= 4 is 23.0 Å². The van der Waals surface area contributed by atoms with Crippen LogP contribution in [0.4, 0.5) is 17.1 Å². The fourth-order valence-electron chi connectivity index (χ4n) is 2.42. The summed E-state index contributed by atoms with van der Waals surface area (Å²) in [5.74, 6) is 0.0410. The molecule has 1 aromatic carbocycles. The number of hydrogen-bond donors (Lipinski definition) is 2. The molecule has 110 valence electrons. The minimum atomic E-state index is 0.0410. The molecule has 0 radical (unpaired) electrons. The Hall–Kier alpha value is -1.75. The second-order valence-electron chi connectivity index (χ2n) is 5.36. The largest absolute Gasteiger partial charge is 0.397 e. The van der Waals surface area contributed by atoms with Gasteiger partial charge in [0.2, 0.25) is 5.91 Å². The Balaban J connectivity index is 2.04. The quantitative estimate of drug-likeness (QED) is 0.823. The van der Waals surface area contributed by atoms with Crippen LogP contribution in [0.2, 0.25) is 0 Å². The van der Waals surface area contributed by atoms with Gasteiger partial charge in [0.15, 0.2) is 0 Å². The first-order valence-electron chi connectivity index (χ1n) is 7.23. The van der Waals surface area contributed by atoms with E-state index < -0.39 is 0 Å². The van der Waals surface area contributed by atoms with Crippen LogP contribution in [0.15, 0.2) is 18.2 Å². The summed E-state index contributed by atoms with van der Waals surface area (Å²) in [5, 5.41) is 2.88. The topological polar surface area (TPSA) is 61.6 Å². The molecule has 1 aliphatic heterocycles. The van der Waals surface area contributed by atoms with Crippen LogP contribution in [0.1, 0.15) is 19.8 Å². The molecular weight excluding hydrogens is 252 g/mol. The Morgan fingerprint density at radius 1 is 1.30 bits per heavy atom. The Bertz CT molecular complexity index is 467. The van der Waals surface area contributed by atoms with Gasteiger partial charge in [0.05, 0.1) is 11.4 Å². The lowest BCUT2D eigenvalue weighted by Crippen LogP contribution is -2.44. The minimum Gasteiger partial charge on any atom is -0.397 e. The molecule has 3 N–H and O–H groups in total. The zero-order chi connectivity index (χ0) is 14.5. The number of benzene rings is 1. The lowest BCUT2D eigenvalue weighted by molar-refractivity contribution is -0.116. The summed E-state index contributed by atoms with van der Waals surface area (Å²) in [6, 6.07) is 5.78. The summed E-state index contributed by atoms with van der Waals surface area (Å²) in [6.07, 6.45) is 1.39. The molecule has 1 amide bonds. The van der Waals surface area contributed by atoms with E-state index in [-0.39, 0.29) is 5.91 Å². The number of carbonyl (C=O) groups is 1. The van der Waals surface area contributed by atoms with Crippen molar-refractivity contribution < 1.29 is 4.79 Å². The summed E-state index contributed by atoms with van der Waals surface area (Å²) in [5.41, 5.74) is 8.69. The van der Waals surface area contributed by atoms with Crippen LogP contribution in [0.3, 0.4) is 0 Å². The average molecular weight is 276 g/mol. The Kier molecular flexibility index (Phi) is 4.84. The number of piperazine rings is 1. The third-order valence-corrected chi connectivity index (χ3v) is 3.63. The van der Waals surface area contributed by atoms with E-state index in [1.807, 2.05) is 25.1 Å². The maximum Gasteiger partial charge on any atom is 0.224 e. The highest BCUT2D eigenvalue weighted by Gasteiger charge is 2.16. The molecule has 0 bridgehead atoms. The molecule has 0 spiro atoms. The van der Waals surface area contributed by atoms with Gasteiger partial charge in [-0.05, 0) is 31.7 Å². The Morgan fingerprint density at radius 2 is 2.00 bits per heavy atom. The summed E-state index contributed by atoms with van der Waals surface area (Å²) in [6.45, 7) is 6.07. The molecule has 1 heterocycles. The van der Waals surface area contributed by atoms with Gasteiger partial charge in [0.1, 0.15) is 0 Å². The molecule has 0 aromatic heterocycles. The van der Waals surface area contributed by atoms with Crippen molar-refractivity contribution in [3.05, 3.63) is 18.2 Å². The van der Waals surface area contributed by atoms with Gasteiger partial charge in [0.25, 0.3) is 0 Å². The molecule has 5 nitrogen and oxygen atoms in total. The Morgan fingerprint density at radius 3 is 2.60 bits per heavy atom. The molecular formula is C15H24N4O. The highest BCUT2D eigenvalue weighted by Crippen LogP contribution is 2.27. The normalized spacial score (nSPS) is 16.2. The van der Waals surface area contributed by atoms with Gasteiger partial charge in [-0.2, -0.15) is 0 Å². The number of nitrogens with one attached hydrogen (secondary N) is 1. The van der Waals surface area contributed by atoms with Crippen molar-refractivity contribution in [3.63, 3.8) is 0 Å². The highest BCUT2D eigenvalue weighted by molar-refractivity contribution is 5.92. The molecule has 1 aromatic rings. The molecule has 0 atom stereocenters. The molecule has 0 aliphatic carbocycles. The minimum absolute atomic E-state index is 0.0410. The van der Waals surface area contributed by atoms with Gasteiger partial charge >= 0.3 is 0 Å². The predicted octanol–water partition coefficient (Wildman–Crippen LogP) is 1.76. The van der Waals surface area contributed by atoms with E-state index in [1.54, 1.807) is 0 Å². The van der Waals surface area contributed by atoms with E-state index in [4.69, 9.17) is 5.73 Å². The number of nitrogens with two attached hydrogens (primary N) is 1. The second kappa shape index (κ2) is 6.61. The molecule has 20 heavy (non-hydrogen) atoms. The van der Waals surface area contributed by atoms with E-state index in [0.717, 1.165) is 49.7 Å². The van der Waals surface area contributed by atoms with E-state index in [0.29, 0.717) is 6.42 Å². The summed E-state index contributed by atoms with van der Waals surface area (Å²) >= 11 is 0. The maximum absolute atomic E-state index is 11.6.